The number of hydrogen-bond donors (Lipinski definition) is 1. The second-order valence-corrected chi connectivity index (χ2v) is 9.07. The number of anilines is 1. The van der Waals surface area contributed by atoms with E-state index in [9.17, 15) is 9.59 Å². The predicted octanol–water partition coefficient (Wildman–Crippen LogP) is 3.53. The summed E-state index contributed by atoms with van der Waals surface area (Å²) in [4.78, 5) is 30.0. The summed E-state index contributed by atoms with van der Waals surface area (Å²) in [5.41, 5.74) is 0.822. The largest absolute Gasteiger partial charge is 0.497 e. The summed E-state index contributed by atoms with van der Waals surface area (Å²) in [6.07, 6.45) is 8.56. The molecule has 3 fully saturated rings. The van der Waals surface area contributed by atoms with Crippen molar-refractivity contribution in [2.45, 2.75) is 57.4 Å². The molecule has 0 radical (unpaired) electrons. The zero-order valence-electron chi connectivity index (χ0n) is 18.1. The number of carbonyl (C=O) groups is 2. The highest BCUT2D eigenvalue weighted by atomic mass is 16.5. The number of rotatable bonds is 5. The molecule has 0 unspecified atom stereocenters. The van der Waals surface area contributed by atoms with E-state index < -0.39 is 0 Å². The summed E-state index contributed by atoms with van der Waals surface area (Å²) >= 11 is 0. The Morgan fingerprint density at radius 3 is 2.10 bits per heavy atom. The molecule has 1 N–H and O–H groups in total. The van der Waals surface area contributed by atoms with Crippen molar-refractivity contribution in [2.24, 2.45) is 11.8 Å². The van der Waals surface area contributed by atoms with Gasteiger partial charge in [-0.15, -0.1) is 0 Å². The van der Waals surface area contributed by atoms with E-state index in [1.807, 2.05) is 24.3 Å². The van der Waals surface area contributed by atoms with Gasteiger partial charge in [-0.3, -0.25) is 9.59 Å². The van der Waals surface area contributed by atoms with Gasteiger partial charge >= 0.3 is 0 Å². The molecule has 6 nitrogen and oxygen atoms in total. The van der Waals surface area contributed by atoms with E-state index in [4.69, 9.17) is 4.74 Å². The molecule has 1 aliphatic carbocycles. The Bertz CT molecular complexity index is 714. The molecular weight excluding hydrogens is 378 g/mol. The minimum absolute atomic E-state index is 0.0763. The third-order valence-electron chi connectivity index (χ3n) is 7.25. The van der Waals surface area contributed by atoms with Crippen LogP contribution in [0.2, 0.25) is 0 Å². The van der Waals surface area contributed by atoms with Crippen LogP contribution in [0.25, 0.3) is 0 Å². The molecule has 0 bridgehead atoms. The maximum absolute atomic E-state index is 12.6. The van der Waals surface area contributed by atoms with Gasteiger partial charge in [0.2, 0.25) is 11.8 Å². The maximum atomic E-state index is 12.6. The summed E-state index contributed by atoms with van der Waals surface area (Å²) in [6.45, 7) is 3.75. The zero-order chi connectivity index (χ0) is 20.9. The van der Waals surface area contributed by atoms with Gasteiger partial charge < -0.3 is 19.9 Å². The van der Waals surface area contributed by atoms with Crippen LogP contribution in [0, 0.1) is 11.8 Å². The molecule has 1 aromatic rings. The number of benzene rings is 1. The van der Waals surface area contributed by atoms with Crippen molar-refractivity contribution >= 4 is 17.5 Å². The lowest BCUT2D eigenvalue weighted by molar-refractivity contribution is -0.137. The van der Waals surface area contributed by atoms with Gasteiger partial charge in [0.15, 0.2) is 0 Å². The van der Waals surface area contributed by atoms with Crippen LogP contribution in [0.15, 0.2) is 24.3 Å². The van der Waals surface area contributed by atoms with E-state index in [0.717, 1.165) is 76.1 Å². The third-order valence-corrected chi connectivity index (χ3v) is 7.25. The number of carbonyl (C=O) groups excluding carboxylic acids is 2. The van der Waals surface area contributed by atoms with Crippen molar-refractivity contribution in [2.75, 3.05) is 38.6 Å². The SMILES string of the molecule is COc1ccc(NC(=O)C2CCN(C3CCN(C(=O)C4CCCC4)CC3)CC2)cc1. The fourth-order valence-corrected chi connectivity index (χ4v) is 5.33. The molecule has 2 aliphatic heterocycles. The Kier molecular flexibility index (Phi) is 6.93. The Hall–Kier alpha value is -2.08. The first-order valence-corrected chi connectivity index (χ1v) is 11.6. The van der Waals surface area contributed by atoms with E-state index in [1.54, 1.807) is 7.11 Å². The lowest BCUT2D eigenvalue weighted by Crippen LogP contribution is -2.50. The molecule has 2 saturated heterocycles. The van der Waals surface area contributed by atoms with Crippen molar-refractivity contribution < 1.29 is 14.3 Å². The quantitative estimate of drug-likeness (QED) is 0.802. The predicted molar refractivity (Wildman–Crippen MR) is 117 cm³/mol. The monoisotopic (exact) mass is 413 g/mol. The van der Waals surface area contributed by atoms with Crippen LogP contribution in [0.1, 0.15) is 51.4 Å². The van der Waals surface area contributed by atoms with E-state index in [2.05, 4.69) is 15.1 Å². The number of likely N-dealkylation sites (tertiary alicyclic amines) is 2. The first-order chi connectivity index (χ1) is 14.6. The van der Waals surface area contributed by atoms with Gasteiger partial charge in [0.1, 0.15) is 5.75 Å². The number of piperidine rings is 2. The van der Waals surface area contributed by atoms with Crippen molar-refractivity contribution in [1.29, 1.82) is 0 Å². The summed E-state index contributed by atoms with van der Waals surface area (Å²) in [5.74, 6) is 1.68. The zero-order valence-corrected chi connectivity index (χ0v) is 18.1. The van der Waals surface area contributed by atoms with E-state index in [-0.39, 0.29) is 11.8 Å². The molecule has 0 aromatic heterocycles. The average Bonchev–Trinajstić information content (AvgIpc) is 3.34. The van der Waals surface area contributed by atoms with Gasteiger partial charge in [-0.25, -0.2) is 0 Å². The van der Waals surface area contributed by atoms with Gasteiger partial charge in [0.25, 0.3) is 0 Å². The van der Waals surface area contributed by atoms with Gasteiger partial charge in [0, 0.05) is 36.7 Å². The van der Waals surface area contributed by atoms with Crippen LogP contribution < -0.4 is 10.1 Å². The highest BCUT2D eigenvalue weighted by Crippen LogP contribution is 2.29. The molecule has 30 heavy (non-hydrogen) atoms. The minimum atomic E-state index is 0.0763. The van der Waals surface area contributed by atoms with E-state index in [1.165, 1.54) is 12.8 Å². The minimum Gasteiger partial charge on any atom is -0.497 e. The van der Waals surface area contributed by atoms with Gasteiger partial charge in [-0.05, 0) is 75.9 Å². The summed E-state index contributed by atoms with van der Waals surface area (Å²) < 4.78 is 5.17. The van der Waals surface area contributed by atoms with Gasteiger partial charge in [0.05, 0.1) is 7.11 Å². The molecule has 2 heterocycles. The second kappa shape index (κ2) is 9.82. The molecule has 3 aliphatic rings. The molecule has 6 heteroatoms. The number of methoxy groups -OCH3 is 1. The van der Waals surface area contributed by atoms with Crippen LogP contribution in [0.3, 0.4) is 0 Å². The van der Waals surface area contributed by atoms with Crippen LogP contribution in [0.4, 0.5) is 5.69 Å². The van der Waals surface area contributed by atoms with Gasteiger partial charge in [-0.1, -0.05) is 12.8 Å². The van der Waals surface area contributed by atoms with Crippen molar-refractivity contribution in [3.63, 3.8) is 0 Å². The second-order valence-electron chi connectivity index (χ2n) is 9.07. The van der Waals surface area contributed by atoms with Crippen LogP contribution in [-0.2, 0) is 9.59 Å². The van der Waals surface area contributed by atoms with E-state index in [0.29, 0.717) is 17.9 Å². The lowest BCUT2D eigenvalue weighted by Gasteiger charge is -2.42. The molecule has 1 aromatic carbocycles. The Morgan fingerprint density at radius 2 is 1.50 bits per heavy atom. The molecule has 2 amide bonds. The number of nitrogens with zero attached hydrogens (tertiary/aromatic N) is 2. The number of amides is 2. The Balaban J connectivity index is 1.20. The van der Waals surface area contributed by atoms with Crippen LogP contribution in [0.5, 0.6) is 5.75 Å². The lowest BCUT2D eigenvalue weighted by atomic mass is 9.92. The fourth-order valence-electron chi connectivity index (χ4n) is 5.33. The van der Waals surface area contributed by atoms with Crippen LogP contribution in [-0.4, -0.2) is 60.9 Å². The molecule has 164 valence electrons. The molecule has 4 rings (SSSR count). The van der Waals surface area contributed by atoms with Crippen molar-refractivity contribution in [1.82, 2.24) is 9.80 Å². The fraction of sp³-hybridized carbons (Fsp3) is 0.667. The highest BCUT2D eigenvalue weighted by molar-refractivity contribution is 5.92. The first-order valence-electron chi connectivity index (χ1n) is 11.6. The van der Waals surface area contributed by atoms with Crippen LogP contribution >= 0.6 is 0 Å². The van der Waals surface area contributed by atoms with Gasteiger partial charge in [-0.2, -0.15) is 0 Å². The molecule has 0 atom stereocenters. The summed E-state index contributed by atoms with van der Waals surface area (Å²) in [6, 6.07) is 8.05. The topological polar surface area (TPSA) is 61.9 Å². The normalized spacial score (nSPS) is 22.2. The molecule has 1 saturated carbocycles. The average molecular weight is 414 g/mol. The highest BCUT2D eigenvalue weighted by Gasteiger charge is 2.33. The first kappa shape index (κ1) is 21.2. The smallest absolute Gasteiger partial charge is 0.227 e. The van der Waals surface area contributed by atoms with Crippen molar-refractivity contribution in [3.05, 3.63) is 24.3 Å². The summed E-state index contributed by atoms with van der Waals surface area (Å²) in [7, 11) is 1.64. The van der Waals surface area contributed by atoms with Crippen molar-refractivity contribution in [3.8, 4) is 5.75 Å². The molecule has 0 spiro atoms. The number of ether oxygens (including phenoxy) is 1. The number of nitrogens with one attached hydrogen (secondary N) is 1. The maximum Gasteiger partial charge on any atom is 0.227 e. The summed E-state index contributed by atoms with van der Waals surface area (Å²) in [5, 5.41) is 3.05. The van der Waals surface area contributed by atoms with E-state index >= 15 is 0 Å². The number of hydrogen-bond acceptors (Lipinski definition) is 4. The Morgan fingerprint density at radius 1 is 0.867 bits per heavy atom. The Labute approximate surface area is 179 Å². The molecular formula is C24H35N3O3. The standard InChI is InChI=1S/C24H35N3O3/c1-30-22-8-6-20(7-9-22)25-23(28)18-10-14-26(15-11-18)21-12-16-27(17-13-21)24(29)19-4-2-3-5-19/h6-9,18-19,21H,2-5,10-17H2,1H3,(H,25,28). The third kappa shape index (κ3) is 4.97.